The first-order valence-corrected chi connectivity index (χ1v) is 4.64. The summed E-state index contributed by atoms with van der Waals surface area (Å²) in [5, 5.41) is 8.80. The summed E-state index contributed by atoms with van der Waals surface area (Å²) in [7, 11) is 1.51. The number of carboxylic acids is 1. The van der Waals surface area contributed by atoms with Crippen molar-refractivity contribution in [3.63, 3.8) is 0 Å². The molecule has 0 saturated heterocycles. The first kappa shape index (κ1) is 11.5. The summed E-state index contributed by atoms with van der Waals surface area (Å²) in [6.45, 7) is 0. The Kier molecular flexibility index (Phi) is 3.62. The summed E-state index contributed by atoms with van der Waals surface area (Å²) in [6, 6.07) is 4.58. The second kappa shape index (κ2) is 4.75. The molecule has 0 aliphatic rings. The second-order valence-corrected chi connectivity index (χ2v) is 3.50. The Balaban J connectivity index is 3.12. The maximum absolute atomic E-state index is 10.7. The molecule has 5 heteroatoms. The molecule has 15 heavy (non-hydrogen) atoms. The van der Waals surface area contributed by atoms with Crippen LogP contribution in [0.2, 0.25) is 0 Å². The van der Waals surface area contributed by atoms with Gasteiger partial charge in [-0.15, -0.1) is 0 Å². The lowest BCUT2D eigenvalue weighted by Gasteiger charge is -2.08. The summed E-state index contributed by atoms with van der Waals surface area (Å²) in [4.78, 5) is 11.0. The van der Waals surface area contributed by atoms with Crippen LogP contribution < -0.4 is 10.5 Å². The number of hydrogen-bond donors (Lipinski definition) is 2. The van der Waals surface area contributed by atoms with Crippen LogP contribution in [0, 0.1) is 0 Å². The maximum atomic E-state index is 10.7. The topological polar surface area (TPSA) is 72.5 Å². The molecule has 0 atom stereocenters. The van der Waals surface area contributed by atoms with Gasteiger partial charge in [-0.25, -0.2) is 4.79 Å². The molecular formula is C10H11NO3S. The predicted octanol–water partition coefficient (Wildman–Crippen LogP) is 1.22. The first-order valence-electron chi connectivity index (χ1n) is 4.23. The third-order valence-electron chi connectivity index (χ3n) is 1.89. The third-order valence-corrected chi connectivity index (χ3v) is 2.04. The van der Waals surface area contributed by atoms with E-state index >= 15 is 0 Å². The number of carboxylic acid groups (broad SMARTS) is 1. The van der Waals surface area contributed by atoms with E-state index in [0.717, 1.165) is 0 Å². The van der Waals surface area contributed by atoms with E-state index in [1.165, 1.54) is 19.2 Å². The van der Waals surface area contributed by atoms with Crippen molar-refractivity contribution in [2.45, 2.75) is 6.42 Å². The Hall–Kier alpha value is -1.62. The highest BCUT2D eigenvalue weighted by Crippen LogP contribution is 2.20. The fraction of sp³-hybridized carbons (Fsp3) is 0.200. The van der Waals surface area contributed by atoms with Crippen LogP contribution in [0.4, 0.5) is 0 Å². The van der Waals surface area contributed by atoms with Crippen molar-refractivity contribution in [2.75, 3.05) is 7.11 Å². The number of ether oxygens (including phenoxy) is 1. The van der Waals surface area contributed by atoms with Gasteiger partial charge >= 0.3 is 5.97 Å². The molecule has 1 rings (SSSR count). The van der Waals surface area contributed by atoms with E-state index in [2.05, 4.69) is 0 Å². The fourth-order valence-electron chi connectivity index (χ4n) is 1.24. The highest BCUT2D eigenvalue weighted by atomic mass is 32.1. The van der Waals surface area contributed by atoms with Crippen LogP contribution in [0.15, 0.2) is 18.2 Å². The Morgan fingerprint density at radius 2 is 2.27 bits per heavy atom. The van der Waals surface area contributed by atoms with E-state index in [4.69, 9.17) is 27.8 Å². The molecule has 0 aliphatic heterocycles. The highest BCUT2D eigenvalue weighted by Gasteiger charge is 2.09. The van der Waals surface area contributed by atoms with Crippen molar-refractivity contribution >= 4 is 23.2 Å². The van der Waals surface area contributed by atoms with Gasteiger partial charge in [0.05, 0.1) is 17.7 Å². The summed E-state index contributed by atoms with van der Waals surface area (Å²) in [5.41, 5.74) is 6.28. The summed E-state index contributed by atoms with van der Waals surface area (Å²) in [6.07, 6.45) is 0.333. The number of rotatable bonds is 4. The molecule has 3 N–H and O–H groups in total. The number of hydrogen-bond acceptors (Lipinski definition) is 3. The van der Waals surface area contributed by atoms with Crippen molar-refractivity contribution in [3.05, 3.63) is 29.3 Å². The van der Waals surface area contributed by atoms with Gasteiger partial charge in [0.25, 0.3) is 0 Å². The van der Waals surface area contributed by atoms with E-state index in [-0.39, 0.29) is 5.56 Å². The lowest BCUT2D eigenvalue weighted by atomic mass is 10.1. The van der Waals surface area contributed by atoms with Gasteiger partial charge in [-0.2, -0.15) is 0 Å². The Morgan fingerprint density at radius 3 is 2.73 bits per heavy atom. The Labute approximate surface area is 92.7 Å². The molecule has 0 unspecified atom stereocenters. The van der Waals surface area contributed by atoms with Crippen LogP contribution in [0.3, 0.4) is 0 Å². The lowest BCUT2D eigenvalue weighted by molar-refractivity contribution is 0.0696. The molecule has 1 aromatic rings. The van der Waals surface area contributed by atoms with Crippen LogP contribution in [-0.2, 0) is 6.42 Å². The molecule has 0 heterocycles. The zero-order valence-corrected chi connectivity index (χ0v) is 9.00. The Bertz CT molecular complexity index is 404. The van der Waals surface area contributed by atoms with Crippen molar-refractivity contribution < 1.29 is 14.6 Å². The van der Waals surface area contributed by atoms with E-state index < -0.39 is 5.97 Å². The van der Waals surface area contributed by atoms with E-state index in [0.29, 0.717) is 22.7 Å². The number of thiocarbonyl (C=S) groups is 1. The van der Waals surface area contributed by atoms with Crippen molar-refractivity contribution in [2.24, 2.45) is 5.73 Å². The van der Waals surface area contributed by atoms with Crippen molar-refractivity contribution in [1.82, 2.24) is 0 Å². The minimum atomic E-state index is -0.984. The smallest absolute Gasteiger partial charge is 0.335 e. The molecule has 1 aromatic carbocycles. The number of aromatic carboxylic acids is 1. The Morgan fingerprint density at radius 1 is 1.60 bits per heavy atom. The summed E-state index contributed by atoms with van der Waals surface area (Å²) in [5.74, 6) is -0.394. The quantitative estimate of drug-likeness (QED) is 0.754. The SMILES string of the molecule is COc1ccc(C(=O)O)cc1CC(N)=S. The molecule has 0 radical (unpaired) electrons. The van der Waals surface area contributed by atoms with E-state index in [1.54, 1.807) is 6.07 Å². The van der Waals surface area contributed by atoms with E-state index in [1.807, 2.05) is 0 Å². The predicted molar refractivity (Wildman–Crippen MR) is 60.4 cm³/mol. The zero-order chi connectivity index (χ0) is 11.4. The van der Waals surface area contributed by atoms with Gasteiger partial charge < -0.3 is 15.6 Å². The molecule has 0 aromatic heterocycles. The largest absolute Gasteiger partial charge is 0.496 e. The number of methoxy groups -OCH3 is 1. The van der Waals surface area contributed by atoms with Crippen LogP contribution in [0.25, 0.3) is 0 Å². The van der Waals surface area contributed by atoms with E-state index in [9.17, 15) is 4.79 Å². The summed E-state index contributed by atoms with van der Waals surface area (Å²) >= 11 is 4.77. The maximum Gasteiger partial charge on any atom is 0.335 e. The average Bonchev–Trinajstić information content (AvgIpc) is 2.16. The van der Waals surface area contributed by atoms with Gasteiger partial charge in [0.2, 0.25) is 0 Å². The normalized spacial score (nSPS) is 9.67. The molecule has 0 aliphatic carbocycles. The number of carbonyl (C=O) groups is 1. The number of nitrogens with two attached hydrogens (primary N) is 1. The van der Waals surface area contributed by atoms with Crippen molar-refractivity contribution in [3.8, 4) is 5.75 Å². The third kappa shape index (κ3) is 2.92. The van der Waals surface area contributed by atoms with Crippen LogP contribution >= 0.6 is 12.2 Å². The fourth-order valence-corrected chi connectivity index (χ4v) is 1.39. The standard InChI is InChI=1S/C10H11NO3S/c1-14-8-3-2-6(10(12)13)4-7(8)5-9(11)15/h2-4H,5H2,1H3,(H2,11,15)(H,12,13). The summed E-state index contributed by atoms with van der Waals surface area (Å²) < 4.78 is 5.07. The monoisotopic (exact) mass is 225 g/mol. The van der Waals surface area contributed by atoms with Crippen LogP contribution in [0.5, 0.6) is 5.75 Å². The molecule has 0 saturated carbocycles. The number of benzene rings is 1. The zero-order valence-electron chi connectivity index (χ0n) is 8.19. The van der Waals surface area contributed by atoms with Gasteiger partial charge in [-0.1, -0.05) is 12.2 Å². The molecular weight excluding hydrogens is 214 g/mol. The minimum absolute atomic E-state index is 0.196. The average molecular weight is 225 g/mol. The van der Waals surface area contributed by atoms with Gasteiger partial charge in [-0.05, 0) is 18.2 Å². The molecule has 0 bridgehead atoms. The van der Waals surface area contributed by atoms with Gasteiger partial charge in [-0.3, -0.25) is 0 Å². The highest BCUT2D eigenvalue weighted by molar-refractivity contribution is 7.80. The molecule has 0 amide bonds. The van der Waals surface area contributed by atoms with Crippen LogP contribution in [0.1, 0.15) is 15.9 Å². The molecule has 4 nitrogen and oxygen atoms in total. The van der Waals surface area contributed by atoms with Crippen molar-refractivity contribution in [1.29, 1.82) is 0 Å². The molecule has 0 spiro atoms. The molecule has 0 fully saturated rings. The first-order chi connectivity index (χ1) is 7.04. The van der Waals surface area contributed by atoms with Gasteiger partial charge in [0, 0.05) is 12.0 Å². The van der Waals surface area contributed by atoms with Gasteiger partial charge in [0.1, 0.15) is 5.75 Å². The van der Waals surface area contributed by atoms with Crippen LogP contribution in [-0.4, -0.2) is 23.2 Å². The van der Waals surface area contributed by atoms with Gasteiger partial charge in [0.15, 0.2) is 0 Å². The minimum Gasteiger partial charge on any atom is -0.496 e. The second-order valence-electron chi connectivity index (χ2n) is 2.97. The lowest BCUT2D eigenvalue weighted by Crippen LogP contribution is -2.12. The molecule has 80 valence electrons.